The first-order chi connectivity index (χ1) is 16.3. The molecule has 3 aromatic rings. The Hall–Kier alpha value is -3.25. The Labute approximate surface area is 202 Å². The molecule has 6 heteroatoms. The maximum absolute atomic E-state index is 13.2. The molecule has 5 nitrogen and oxygen atoms in total. The molecule has 1 aliphatic rings. The van der Waals surface area contributed by atoms with Gasteiger partial charge in [-0.15, -0.1) is 0 Å². The maximum Gasteiger partial charge on any atom is 0.310 e. The Morgan fingerprint density at radius 3 is 2.32 bits per heavy atom. The molecule has 4 rings (SSSR count). The molecule has 0 saturated heterocycles. The smallest absolute Gasteiger partial charge is 0.310 e. The summed E-state index contributed by atoms with van der Waals surface area (Å²) in [5.41, 5.74) is 3.48. The van der Waals surface area contributed by atoms with Crippen molar-refractivity contribution in [1.29, 1.82) is 0 Å². The highest BCUT2D eigenvalue weighted by atomic mass is 32.2. The molecular weight excluding hydrogens is 448 g/mol. The van der Waals surface area contributed by atoms with Gasteiger partial charge in [0.1, 0.15) is 5.75 Å². The van der Waals surface area contributed by atoms with Crippen LogP contribution in [0.15, 0.2) is 71.6 Å². The molecule has 0 aromatic heterocycles. The molecule has 0 amide bonds. The standard InChI is InChI=1S/C28H28O5S/c1-19-6-5-7-20(14-19)12-13-33-25-15-21(10-11-26(25)34(2)32)24(29)18-28(27(30)31)16-22-8-3-4-9-23(22)17-28/h3-11,14-15H,12-13,16-18H2,1-2H3,(H,30,31). The third-order valence-electron chi connectivity index (χ3n) is 6.43. The van der Waals surface area contributed by atoms with Gasteiger partial charge in [0.25, 0.3) is 0 Å². The fraction of sp³-hybridized carbons (Fsp3) is 0.286. The van der Waals surface area contributed by atoms with E-state index in [0.29, 0.717) is 42.1 Å². The molecule has 0 heterocycles. The molecule has 176 valence electrons. The quantitative estimate of drug-likeness (QED) is 0.449. The number of carbonyl (C=O) groups is 2. The van der Waals surface area contributed by atoms with Crippen molar-refractivity contribution in [2.75, 3.05) is 12.9 Å². The summed E-state index contributed by atoms with van der Waals surface area (Å²) in [5, 5.41) is 10.0. The third kappa shape index (κ3) is 5.12. The van der Waals surface area contributed by atoms with Crippen molar-refractivity contribution in [3.8, 4) is 5.75 Å². The van der Waals surface area contributed by atoms with Gasteiger partial charge in [-0.1, -0.05) is 54.1 Å². The van der Waals surface area contributed by atoms with Crippen LogP contribution in [0.25, 0.3) is 0 Å². The molecule has 1 unspecified atom stereocenters. The predicted molar refractivity (Wildman–Crippen MR) is 132 cm³/mol. The summed E-state index contributed by atoms with van der Waals surface area (Å²) in [6, 6.07) is 20.6. The number of ether oxygens (including phenoxy) is 1. The molecule has 0 fully saturated rings. The van der Waals surface area contributed by atoms with Crippen LogP contribution >= 0.6 is 0 Å². The molecule has 34 heavy (non-hydrogen) atoms. The van der Waals surface area contributed by atoms with E-state index in [1.165, 1.54) is 5.56 Å². The summed E-state index contributed by atoms with van der Waals surface area (Å²) in [6.45, 7) is 2.41. The average Bonchev–Trinajstić information content (AvgIpc) is 3.18. The first-order valence-electron chi connectivity index (χ1n) is 11.3. The lowest BCUT2D eigenvalue weighted by Crippen LogP contribution is -2.34. The Morgan fingerprint density at radius 2 is 1.71 bits per heavy atom. The van der Waals surface area contributed by atoms with Gasteiger partial charge < -0.3 is 9.84 Å². The van der Waals surface area contributed by atoms with E-state index in [4.69, 9.17) is 4.74 Å². The predicted octanol–water partition coefficient (Wildman–Crippen LogP) is 4.80. The van der Waals surface area contributed by atoms with Gasteiger partial charge in [-0.25, -0.2) is 0 Å². The minimum Gasteiger partial charge on any atom is -0.492 e. The Bertz CT molecular complexity index is 1240. The zero-order valence-corrected chi connectivity index (χ0v) is 20.2. The van der Waals surface area contributed by atoms with Gasteiger partial charge >= 0.3 is 5.97 Å². The van der Waals surface area contributed by atoms with E-state index in [9.17, 15) is 18.9 Å². The van der Waals surface area contributed by atoms with Gasteiger partial charge in [0.05, 0.1) is 27.7 Å². The minimum absolute atomic E-state index is 0.103. The number of hydrogen-bond acceptors (Lipinski definition) is 4. The first kappa shape index (κ1) is 23.9. The summed E-state index contributed by atoms with van der Waals surface area (Å²) in [5.74, 6) is -0.816. The third-order valence-corrected chi connectivity index (χ3v) is 7.39. The van der Waals surface area contributed by atoms with Crippen LogP contribution in [0.5, 0.6) is 5.75 Å². The number of carboxylic acid groups (broad SMARTS) is 1. The number of Topliss-reactive ketones (excluding diaryl/α,β-unsaturated/α-hetero) is 1. The second-order valence-electron chi connectivity index (χ2n) is 9.01. The van der Waals surface area contributed by atoms with Crippen molar-refractivity contribution in [3.63, 3.8) is 0 Å². The number of carboxylic acids is 1. The van der Waals surface area contributed by atoms with E-state index in [0.717, 1.165) is 16.7 Å². The van der Waals surface area contributed by atoms with Gasteiger partial charge in [-0.2, -0.15) is 0 Å². The number of aliphatic carboxylic acids is 1. The van der Waals surface area contributed by atoms with Gasteiger partial charge in [0, 0.05) is 24.7 Å². The number of fused-ring (bicyclic) bond motifs is 1. The molecule has 1 atom stereocenters. The zero-order valence-electron chi connectivity index (χ0n) is 19.4. The van der Waals surface area contributed by atoms with Crippen molar-refractivity contribution in [1.82, 2.24) is 0 Å². The minimum atomic E-state index is -1.29. The van der Waals surface area contributed by atoms with Crippen LogP contribution in [-0.4, -0.2) is 33.9 Å². The van der Waals surface area contributed by atoms with Crippen LogP contribution in [0.1, 0.15) is 39.0 Å². The summed E-state index contributed by atoms with van der Waals surface area (Å²) in [7, 11) is -1.29. The first-order valence-corrected chi connectivity index (χ1v) is 12.8. The Balaban J connectivity index is 1.52. The number of aryl methyl sites for hydroxylation is 1. The van der Waals surface area contributed by atoms with Crippen LogP contribution in [0, 0.1) is 12.3 Å². The lowest BCUT2D eigenvalue weighted by Gasteiger charge is -2.23. The van der Waals surface area contributed by atoms with Crippen molar-refractivity contribution in [2.24, 2.45) is 5.41 Å². The van der Waals surface area contributed by atoms with E-state index in [-0.39, 0.29) is 12.2 Å². The van der Waals surface area contributed by atoms with E-state index >= 15 is 0 Å². The number of carbonyl (C=O) groups excluding carboxylic acids is 1. The topological polar surface area (TPSA) is 80.7 Å². The summed E-state index contributed by atoms with van der Waals surface area (Å²) in [4.78, 5) is 26.0. The summed E-state index contributed by atoms with van der Waals surface area (Å²) in [6.07, 6.45) is 2.81. The highest BCUT2D eigenvalue weighted by Crippen LogP contribution is 2.41. The van der Waals surface area contributed by atoms with Gasteiger partial charge in [0.2, 0.25) is 0 Å². The number of ketones is 1. The fourth-order valence-electron chi connectivity index (χ4n) is 4.63. The molecule has 0 radical (unpaired) electrons. The Kier molecular flexibility index (Phi) is 6.98. The second-order valence-corrected chi connectivity index (χ2v) is 10.4. The molecule has 0 aliphatic heterocycles. The van der Waals surface area contributed by atoms with Crippen LogP contribution < -0.4 is 4.74 Å². The van der Waals surface area contributed by atoms with Crippen molar-refractivity contribution in [3.05, 3.63) is 94.5 Å². The molecule has 0 saturated carbocycles. The summed E-state index contributed by atoms with van der Waals surface area (Å²) >= 11 is 0. The van der Waals surface area contributed by atoms with Crippen LogP contribution in [-0.2, 0) is 34.9 Å². The van der Waals surface area contributed by atoms with Crippen molar-refractivity contribution >= 4 is 22.6 Å². The van der Waals surface area contributed by atoms with Crippen LogP contribution in [0.3, 0.4) is 0 Å². The van der Waals surface area contributed by atoms with Crippen molar-refractivity contribution < 1.29 is 23.6 Å². The normalized spacial score (nSPS) is 14.9. The van der Waals surface area contributed by atoms with Gasteiger partial charge in [0.15, 0.2) is 5.78 Å². The molecule has 0 bridgehead atoms. The number of rotatable bonds is 9. The van der Waals surface area contributed by atoms with Crippen LogP contribution in [0.4, 0.5) is 0 Å². The van der Waals surface area contributed by atoms with Crippen LogP contribution in [0.2, 0.25) is 0 Å². The average molecular weight is 477 g/mol. The van der Waals surface area contributed by atoms with E-state index in [2.05, 4.69) is 6.07 Å². The number of hydrogen-bond donors (Lipinski definition) is 1. The fourth-order valence-corrected chi connectivity index (χ4v) is 5.29. The highest BCUT2D eigenvalue weighted by Gasteiger charge is 2.45. The monoisotopic (exact) mass is 476 g/mol. The molecule has 0 spiro atoms. The lowest BCUT2D eigenvalue weighted by molar-refractivity contribution is -0.148. The SMILES string of the molecule is Cc1cccc(CCOc2cc(C(=O)CC3(C(=O)O)Cc4ccccc4C3)ccc2S(C)=O)c1. The Morgan fingerprint density at radius 1 is 1.00 bits per heavy atom. The van der Waals surface area contributed by atoms with Gasteiger partial charge in [-0.05, 0) is 54.7 Å². The van der Waals surface area contributed by atoms with E-state index in [1.807, 2.05) is 49.4 Å². The zero-order chi connectivity index (χ0) is 24.3. The van der Waals surface area contributed by atoms with Crippen molar-refractivity contribution in [2.45, 2.75) is 37.5 Å². The molecule has 1 N–H and O–H groups in total. The number of benzene rings is 3. The highest BCUT2D eigenvalue weighted by molar-refractivity contribution is 7.84. The van der Waals surface area contributed by atoms with E-state index < -0.39 is 22.2 Å². The molecule has 1 aliphatic carbocycles. The largest absolute Gasteiger partial charge is 0.492 e. The maximum atomic E-state index is 13.2. The van der Waals surface area contributed by atoms with Gasteiger partial charge in [-0.3, -0.25) is 13.8 Å². The molecular formula is C28H28O5S. The second kappa shape index (κ2) is 9.94. The molecule has 3 aromatic carbocycles. The summed E-state index contributed by atoms with van der Waals surface area (Å²) < 4.78 is 18.2. The van der Waals surface area contributed by atoms with E-state index in [1.54, 1.807) is 24.5 Å². The lowest BCUT2D eigenvalue weighted by atomic mass is 9.79.